The normalized spacial score (nSPS) is 16.8. The predicted molar refractivity (Wildman–Crippen MR) is 82.5 cm³/mol. The first-order chi connectivity index (χ1) is 10.6. The van der Waals surface area contributed by atoms with Gasteiger partial charge in [-0.1, -0.05) is 6.07 Å². The van der Waals surface area contributed by atoms with Gasteiger partial charge in [0, 0.05) is 48.8 Å². The molecule has 0 bridgehead atoms. The van der Waals surface area contributed by atoms with E-state index in [1.165, 1.54) is 6.92 Å². The zero-order chi connectivity index (χ0) is 15.7. The number of aromatic nitrogens is 1. The van der Waals surface area contributed by atoms with Gasteiger partial charge in [-0.2, -0.15) is 0 Å². The molecule has 116 valence electrons. The van der Waals surface area contributed by atoms with Crippen molar-refractivity contribution >= 4 is 22.7 Å². The summed E-state index contributed by atoms with van der Waals surface area (Å²) in [5, 5.41) is 10.3. The number of amides is 2. The molecule has 0 radical (unpaired) electrons. The van der Waals surface area contributed by atoms with Crippen molar-refractivity contribution in [3.8, 4) is 0 Å². The third-order valence-corrected chi connectivity index (χ3v) is 4.06. The van der Waals surface area contributed by atoms with Gasteiger partial charge in [-0.05, 0) is 25.1 Å². The number of nitrogens with zero attached hydrogens (tertiary/aromatic N) is 2. The highest BCUT2D eigenvalue weighted by molar-refractivity contribution is 6.06. The Hall–Kier alpha value is -2.34. The fourth-order valence-corrected chi connectivity index (χ4v) is 2.84. The van der Waals surface area contributed by atoms with Crippen molar-refractivity contribution in [1.29, 1.82) is 0 Å². The number of hydrogen-bond acceptors (Lipinski definition) is 3. The molecular weight excluding hydrogens is 282 g/mol. The van der Waals surface area contributed by atoms with Gasteiger partial charge in [0.15, 0.2) is 0 Å². The molecule has 1 atom stereocenters. The van der Waals surface area contributed by atoms with Gasteiger partial charge in [0.2, 0.25) is 0 Å². The molecule has 0 aliphatic carbocycles. The Bertz CT molecular complexity index is 699. The second-order valence-electron chi connectivity index (χ2n) is 5.54. The molecule has 22 heavy (non-hydrogen) atoms. The van der Waals surface area contributed by atoms with E-state index >= 15 is 0 Å². The number of aliphatic hydroxyl groups excluding tert-OH is 1. The molecule has 6 nitrogen and oxygen atoms in total. The number of rotatable bonds is 2. The molecule has 2 amide bonds. The molecule has 1 aromatic heterocycles. The van der Waals surface area contributed by atoms with Crippen LogP contribution in [0.25, 0.3) is 10.9 Å². The van der Waals surface area contributed by atoms with Gasteiger partial charge >= 0.3 is 0 Å². The third kappa shape index (κ3) is 2.57. The second-order valence-corrected chi connectivity index (χ2v) is 5.54. The number of nitrogens with one attached hydrogen (secondary N) is 1. The van der Waals surface area contributed by atoms with Gasteiger partial charge in [-0.25, -0.2) is 0 Å². The molecule has 2 N–H and O–H groups in total. The van der Waals surface area contributed by atoms with E-state index in [4.69, 9.17) is 0 Å². The maximum atomic E-state index is 12.7. The molecule has 1 aliphatic heterocycles. The van der Waals surface area contributed by atoms with Crippen LogP contribution < -0.4 is 0 Å². The SMILES string of the molecule is CC(O)C(=O)N1CCN(C(=O)c2cccc3[nH]ccc23)CC1. The zero-order valence-corrected chi connectivity index (χ0v) is 12.5. The lowest BCUT2D eigenvalue weighted by Crippen LogP contribution is -2.52. The quantitative estimate of drug-likeness (QED) is 0.862. The fraction of sp³-hybridized carbons (Fsp3) is 0.375. The van der Waals surface area contributed by atoms with Crippen molar-refractivity contribution in [3.05, 3.63) is 36.0 Å². The number of aromatic amines is 1. The molecule has 1 saturated heterocycles. The first kappa shape index (κ1) is 14.6. The van der Waals surface area contributed by atoms with Crippen LogP contribution in [0.4, 0.5) is 0 Å². The number of hydrogen-bond donors (Lipinski definition) is 2. The smallest absolute Gasteiger partial charge is 0.254 e. The minimum Gasteiger partial charge on any atom is -0.384 e. The first-order valence-corrected chi connectivity index (χ1v) is 7.40. The maximum Gasteiger partial charge on any atom is 0.254 e. The largest absolute Gasteiger partial charge is 0.384 e. The summed E-state index contributed by atoms with van der Waals surface area (Å²) in [7, 11) is 0. The summed E-state index contributed by atoms with van der Waals surface area (Å²) in [5.74, 6) is -0.297. The van der Waals surface area contributed by atoms with E-state index in [-0.39, 0.29) is 11.8 Å². The number of carbonyl (C=O) groups is 2. The Balaban J connectivity index is 1.73. The van der Waals surface area contributed by atoms with Crippen molar-refractivity contribution in [3.63, 3.8) is 0 Å². The summed E-state index contributed by atoms with van der Waals surface area (Å²) in [5.41, 5.74) is 1.61. The van der Waals surface area contributed by atoms with Gasteiger partial charge < -0.3 is 19.9 Å². The van der Waals surface area contributed by atoms with E-state index < -0.39 is 6.10 Å². The van der Waals surface area contributed by atoms with Crippen molar-refractivity contribution in [1.82, 2.24) is 14.8 Å². The minimum atomic E-state index is -0.990. The van der Waals surface area contributed by atoms with Crippen molar-refractivity contribution in [2.24, 2.45) is 0 Å². The lowest BCUT2D eigenvalue weighted by molar-refractivity contribution is -0.140. The van der Waals surface area contributed by atoms with Crippen molar-refractivity contribution in [2.45, 2.75) is 13.0 Å². The fourth-order valence-electron chi connectivity index (χ4n) is 2.84. The summed E-state index contributed by atoms with van der Waals surface area (Å²) in [6.07, 6.45) is 0.830. The Labute approximate surface area is 128 Å². The summed E-state index contributed by atoms with van der Waals surface area (Å²) >= 11 is 0. The molecule has 3 rings (SSSR count). The molecule has 1 aromatic carbocycles. The Morgan fingerprint density at radius 2 is 1.82 bits per heavy atom. The standard InChI is InChI=1S/C16H19N3O3/c1-11(20)15(21)18-7-9-19(10-8-18)16(22)13-3-2-4-14-12(13)5-6-17-14/h2-6,11,17,20H,7-10H2,1H3. The average molecular weight is 301 g/mol. The second kappa shape index (κ2) is 5.81. The van der Waals surface area contributed by atoms with Crippen LogP contribution in [0.3, 0.4) is 0 Å². The van der Waals surface area contributed by atoms with E-state index in [1.54, 1.807) is 9.80 Å². The molecule has 1 aliphatic rings. The first-order valence-electron chi connectivity index (χ1n) is 7.40. The van der Waals surface area contributed by atoms with Gasteiger partial charge in [-0.3, -0.25) is 9.59 Å². The van der Waals surface area contributed by atoms with E-state index in [0.29, 0.717) is 31.7 Å². The van der Waals surface area contributed by atoms with Crippen molar-refractivity contribution < 1.29 is 14.7 Å². The minimum absolute atomic E-state index is 0.0191. The highest BCUT2D eigenvalue weighted by atomic mass is 16.3. The van der Waals surface area contributed by atoms with E-state index in [1.807, 2.05) is 30.5 Å². The molecule has 0 saturated carbocycles. The molecule has 1 fully saturated rings. The van der Waals surface area contributed by atoms with E-state index in [0.717, 1.165) is 10.9 Å². The number of aliphatic hydroxyl groups is 1. The summed E-state index contributed by atoms with van der Waals surface area (Å²) in [6, 6.07) is 7.52. The lowest BCUT2D eigenvalue weighted by Gasteiger charge is -2.35. The number of carbonyl (C=O) groups excluding carboxylic acids is 2. The van der Waals surface area contributed by atoms with E-state index in [9.17, 15) is 14.7 Å². The summed E-state index contributed by atoms with van der Waals surface area (Å²) in [6.45, 7) is 3.35. The Kier molecular flexibility index (Phi) is 3.85. The third-order valence-electron chi connectivity index (χ3n) is 4.06. The molecule has 2 aromatic rings. The van der Waals surface area contributed by atoms with Gasteiger partial charge in [0.1, 0.15) is 6.10 Å². The molecule has 1 unspecified atom stereocenters. The summed E-state index contributed by atoms with van der Waals surface area (Å²) in [4.78, 5) is 30.9. The van der Waals surface area contributed by atoms with Crippen molar-refractivity contribution in [2.75, 3.05) is 26.2 Å². The average Bonchev–Trinajstić information content (AvgIpc) is 3.02. The highest BCUT2D eigenvalue weighted by Gasteiger charge is 2.27. The van der Waals surface area contributed by atoms with Crippen LogP contribution in [0, 0.1) is 0 Å². The van der Waals surface area contributed by atoms with Crippen LogP contribution >= 0.6 is 0 Å². The predicted octanol–water partition coefficient (Wildman–Crippen LogP) is 0.833. The topological polar surface area (TPSA) is 76.6 Å². The maximum absolute atomic E-state index is 12.7. The lowest BCUT2D eigenvalue weighted by atomic mass is 10.1. The van der Waals surface area contributed by atoms with Gasteiger partial charge in [0.05, 0.1) is 0 Å². The molecule has 0 spiro atoms. The number of benzene rings is 1. The monoisotopic (exact) mass is 301 g/mol. The molecule has 2 heterocycles. The Morgan fingerprint density at radius 1 is 1.14 bits per heavy atom. The molecular formula is C16H19N3O3. The number of fused-ring (bicyclic) bond motifs is 1. The number of piperazine rings is 1. The van der Waals surface area contributed by atoms with Crippen LogP contribution in [0.5, 0.6) is 0 Å². The zero-order valence-electron chi connectivity index (χ0n) is 12.5. The molecule has 6 heteroatoms. The van der Waals surface area contributed by atoms with Crippen LogP contribution in [-0.4, -0.2) is 64.0 Å². The summed E-state index contributed by atoms with van der Waals surface area (Å²) < 4.78 is 0. The highest BCUT2D eigenvalue weighted by Crippen LogP contribution is 2.20. The Morgan fingerprint density at radius 3 is 2.50 bits per heavy atom. The van der Waals surface area contributed by atoms with Gasteiger partial charge in [-0.15, -0.1) is 0 Å². The van der Waals surface area contributed by atoms with Crippen LogP contribution in [0.15, 0.2) is 30.5 Å². The van der Waals surface area contributed by atoms with E-state index in [2.05, 4.69) is 4.98 Å². The van der Waals surface area contributed by atoms with Crippen LogP contribution in [-0.2, 0) is 4.79 Å². The number of H-pyrrole nitrogens is 1. The van der Waals surface area contributed by atoms with Crippen LogP contribution in [0.1, 0.15) is 17.3 Å². The van der Waals surface area contributed by atoms with Crippen LogP contribution in [0.2, 0.25) is 0 Å². The van der Waals surface area contributed by atoms with Gasteiger partial charge in [0.25, 0.3) is 11.8 Å².